The van der Waals surface area contributed by atoms with Gasteiger partial charge in [-0.15, -0.1) is 6.58 Å². The lowest BCUT2D eigenvalue weighted by molar-refractivity contribution is -0.00900. The predicted octanol–water partition coefficient (Wildman–Crippen LogP) is 2.89. The zero-order valence-electron chi connectivity index (χ0n) is 10.0. The Morgan fingerprint density at radius 3 is 3.00 bits per heavy atom. The third-order valence-electron chi connectivity index (χ3n) is 3.00. The van der Waals surface area contributed by atoms with Crippen molar-refractivity contribution in [3.8, 4) is 0 Å². The van der Waals surface area contributed by atoms with Crippen LogP contribution in [0.1, 0.15) is 45.4 Å². The molecule has 1 aliphatic heterocycles. The SMILES string of the molecule is C=CCCC(NCCC)C1CCCCO1. The molecule has 1 N–H and O–H groups in total. The maximum Gasteiger partial charge on any atom is 0.0728 e. The molecule has 0 saturated carbocycles. The largest absolute Gasteiger partial charge is 0.377 e. The molecule has 1 aliphatic rings. The third-order valence-corrected chi connectivity index (χ3v) is 3.00. The number of hydrogen-bond donors (Lipinski definition) is 1. The molecule has 0 spiro atoms. The topological polar surface area (TPSA) is 21.3 Å². The Balaban J connectivity index is 2.33. The van der Waals surface area contributed by atoms with Gasteiger partial charge in [0.1, 0.15) is 0 Å². The number of ether oxygens (including phenoxy) is 1. The second-order valence-electron chi connectivity index (χ2n) is 4.33. The summed E-state index contributed by atoms with van der Waals surface area (Å²) in [7, 11) is 0. The van der Waals surface area contributed by atoms with Crippen LogP contribution in [0.15, 0.2) is 12.7 Å². The van der Waals surface area contributed by atoms with E-state index in [1.165, 1.54) is 25.7 Å². The van der Waals surface area contributed by atoms with Crippen LogP contribution in [0.2, 0.25) is 0 Å². The first-order valence-corrected chi connectivity index (χ1v) is 6.34. The molecule has 0 amide bonds. The fraction of sp³-hybridized carbons (Fsp3) is 0.846. The van der Waals surface area contributed by atoms with E-state index in [9.17, 15) is 0 Å². The van der Waals surface area contributed by atoms with Gasteiger partial charge in [-0.1, -0.05) is 13.0 Å². The van der Waals surface area contributed by atoms with Gasteiger partial charge in [0.05, 0.1) is 6.10 Å². The summed E-state index contributed by atoms with van der Waals surface area (Å²) < 4.78 is 5.84. The van der Waals surface area contributed by atoms with Gasteiger partial charge in [0.15, 0.2) is 0 Å². The Hall–Kier alpha value is -0.340. The van der Waals surface area contributed by atoms with Crippen molar-refractivity contribution >= 4 is 0 Å². The monoisotopic (exact) mass is 211 g/mol. The van der Waals surface area contributed by atoms with E-state index >= 15 is 0 Å². The summed E-state index contributed by atoms with van der Waals surface area (Å²) in [6, 6.07) is 0.531. The molecule has 2 nitrogen and oxygen atoms in total. The van der Waals surface area contributed by atoms with Gasteiger partial charge >= 0.3 is 0 Å². The molecule has 2 atom stereocenters. The van der Waals surface area contributed by atoms with Crippen LogP contribution in [-0.4, -0.2) is 25.3 Å². The van der Waals surface area contributed by atoms with Crippen LogP contribution >= 0.6 is 0 Å². The van der Waals surface area contributed by atoms with Gasteiger partial charge in [-0.05, 0) is 45.1 Å². The molecule has 0 aromatic carbocycles. The lowest BCUT2D eigenvalue weighted by Gasteiger charge is -2.31. The number of nitrogens with one attached hydrogen (secondary N) is 1. The summed E-state index contributed by atoms with van der Waals surface area (Å²) in [6.07, 6.45) is 9.65. The molecule has 0 radical (unpaired) electrons. The Morgan fingerprint density at radius 1 is 1.53 bits per heavy atom. The summed E-state index contributed by atoms with van der Waals surface area (Å²) in [5, 5.41) is 3.60. The lowest BCUT2D eigenvalue weighted by atomic mass is 9.98. The molecule has 2 unspecified atom stereocenters. The molecular formula is C13H25NO. The minimum Gasteiger partial charge on any atom is -0.377 e. The highest BCUT2D eigenvalue weighted by Crippen LogP contribution is 2.18. The molecular weight excluding hydrogens is 186 g/mol. The zero-order valence-corrected chi connectivity index (χ0v) is 10.0. The molecule has 15 heavy (non-hydrogen) atoms. The van der Waals surface area contributed by atoms with Gasteiger partial charge in [-0.25, -0.2) is 0 Å². The van der Waals surface area contributed by atoms with Gasteiger partial charge in [0, 0.05) is 12.6 Å². The van der Waals surface area contributed by atoms with Gasteiger partial charge in [0.25, 0.3) is 0 Å². The lowest BCUT2D eigenvalue weighted by Crippen LogP contribution is -2.43. The second-order valence-corrected chi connectivity index (χ2v) is 4.33. The first-order chi connectivity index (χ1) is 7.38. The summed E-state index contributed by atoms with van der Waals surface area (Å²) in [6.45, 7) is 8.04. The van der Waals surface area contributed by atoms with Gasteiger partial charge in [-0.3, -0.25) is 0 Å². The highest BCUT2D eigenvalue weighted by Gasteiger charge is 2.22. The highest BCUT2D eigenvalue weighted by atomic mass is 16.5. The first-order valence-electron chi connectivity index (χ1n) is 6.34. The second kappa shape index (κ2) is 7.89. The van der Waals surface area contributed by atoms with Crippen LogP contribution in [0.25, 0.3) is 0 Å². The summed E-state index contributed by atoms with van der Waals surface area (Å²) in [5.74, 6) is 0. The minimum atomic E-state index is 0.435. The van der Waals surface area contributed by atoms with Gasteiger partial charge in [0.2, 0.25) is 0 Å². The summed E-state index contributed by atoms with van der Waals surface area (Å²) in [4.78, 5) is 0. The van der Waals surface area contributed by atoms with E-state index in [2.05, 4.69) is 18.8 Å². The summed E-state index contributed by atoms with van der Waals surface area (Å²) in [5.41, 5.74) is 0. The van der Waals surface area contributed by atoms with Crippen molar-refractivity contribution in [2.24, 2.45) is 0 Å². The molecule has 1 rings (SSSR count). The van der Waals surface area contributed by atoms with E-state index in [-0.39, 0.29) is 0 Å². The van der Waals surface area contributed by atoms with Crippen molar-refractivity contribution in [2.75, 3.05) is 13.2 Å². The van der Waals surface area contributed by atoms with Crippen LogP contribution < -0.4 is 5.32 Å². The molecule has 1 fully saturated rings. The third kappa shape index (κ3) is 4.80. The summed E-state index contributed by atoms with van der Waals surface area (Å²) >= 11 is 0. The normalized spacial score (nSPS) is 23.7. The fourth-order valence-electron chi connectivity index (χ4n) is 2.13. The van der Waals surface area contributed by atoms with Crippen LogP contribution in [0.5, 0.6) is 0 Å². The Kier molecular flexibility index (Phi) is 6.69. The Bertz CT molecular complexity index is 164. The Morgan fingerprint density at radius 2 is 2.40 bits per heavy atom. The average molecular weight is 211 g/mol. The highest BCUT2D eigenvalue weighted by molar-refractivity contribution is 4.82. The molecule has 88 valence electrons. The maximum atomic E-state index is 5.84. The van der Waals surface area contributed by atoms with E-state index in [1.807, 2.05) is 6.08 Å². The Labute approximate surface area is 94.1 Å². The van der Waals surface area contributed by atoms with Gasteiger partial charge in [-0.2, -0.15) is 0 Å². The number of hydrogen-bond acceptors (Lipinski definition) is 2. The predicted molar refractivity (Wildman–Crippen MR) is 65.1 cm³/mol. The van der Waals surface area contributed by atoms with Crippen LogP contribution in [0.3, 0.4) is 0 Å². The van der Waals surface area contributed by atoms with Crippen molar-refractivity contribution in [3.05, 3.63) is 12.7 Å². The molecule has 2 heteroatoms. The number of allylic oxidation sites excluding steroid dienone is 1. The van der Waals surface area contributed by atoms with Crippen LogP contribution in [0.4, 0.5) is 0 Å². The van der Waals surface area contributed by atoms with Crippen LogP contribution in [0, 0.1) is 0 Å². The molecule has 0 aromatic heterocycles. The molecule has 0 aliphatic carbocycles. The quantitative estimate of drug-likeness (QED) is 0.654. The van der Waals surface area contributed by atoms with Crippen LogP contribution in [-0.2, 0) is 4.74 Å². The molecule has 1 heterocycles. The smallest absolute Gasteiger partial charge is 0.0728 e. The van der Waals surface area contributed by atoms with Crippen molar-refractivity contribution in [1.82, 2.24) is 5.32 Å². The van der Waals surface area contributed by atoms with E-state index in [0.717, 1.165) is 26.0 Å². The van der Waals surface area contributed by atoms with E-state index in [0.29, 0.717) is 12.1 Å². The fourth-order valence-corrected chi connectivity index (χ4v) is 2.13. The van der Waals surface area contributed by atoms with E-state index < -0.39 is 0 Å². The first kappa shape index (κ1) is 12.7. The van der Waals surface area contributed by atoms with Gasteiger partial charge < -0.3 is 10.1 Å². The van der Waals surface area contributed by atoms with E-state index in [1.54, 1.807) is 0 Å². The molecule has 0 bridgehead atoms. The van der Waals surface area contributed by atoms with Crippen molar-refractivity contribution in [3.63, 3.8) is 0 Å². The van der Waals surface area contributed by atoms with E-state index in [4.69, 9.17) is 4.74 Å². The zero-order chi connectivity index (χ0) is 10.9. The minimum absolute atomic E-state index is 0.435. The average Bonchev–Trinajstić information content (AvgIpc) is 2.30. The standard InChI is InChI=1S/C13H25NO/c1-3-5-8-12(14-10-4-2)13-9-6-7-11-15-13/h3,12-14H,1,4-11H2,2H3. The number of rotatable bonds is 7. The maximum absolute atomic E-state index is 5.84. The van der Waals surface area contributed by atoms with Crippen molar-refractivity contribution < 1.29 is 4.74 Å². The van der Waals surface area contributed by atoms with Crippen molar-refractivity contribution in [2.45, 2.75) is 57.6 Å². The molecule has 1 saturated heterocycles. The van der Waals surface area contributed by atoms with Crippen molar-refractivity contribution in [1.29, 1.82) is 0 Å². The molecule has 0 aromatic rings.